The molecular formula is C34H42N4. The molecule has 0 saturated carbocycles. The number of hydrogen-bond acceptors (Lipinski definition) is 2. The van der Waals surface area contributed by atoms with E-state index in [1.807, 2.05) is 0 Å². The molecule has 3 aromatic rings. The Morgan fingerprint density at radius 1 is 0.447 bits per heavy atom. The number of aromatic amines is 2. The molecule has 0 aliphatic carbocycles. The van der Waals surface area contributed by atoms with Crippen LogP contribution in [0.15, 0.2) is 24.3 Å². The highest BCUT2D eigenvalue weighted by atomic mass is 14.8. The molecule has 2 N–H and O–H groups in total. The number of fused-ring (bicyclic) bond motifs is 8. The Morgan fingerprint density at radius 3 is 1.21 bits per heavy atom. The Bertz CT molecular complexity index is 1640. The normalized spacial score (nSPS) is 13.7. The predicted octanol–water partition coefficient (Wildman–Crippen LogP) is 9.25. The van der Waals surface area contributed by atoms with Gasteiger partial charge in [-0.15, -0.1) is 0 Å². The van der Waals surface area contributed by atoms with Gasteiger partial charge in [0, 0.05) is 22.1 Å². The quantitative estimate of drug-likeness (QED) is 0.350. The van der Waals surface area contributed by atoms with Gasteiger partial charge >= 0.3 is 0 Å². The van der Waals surface area contributed by atoms with Gasteiger partial charge < -0.3 is 9.97 Å². The van der Waals surface area contributed by atoms with E-state index in [0.29, 0.717) is 0 Å². The number of allylic oxidation sites excluding steroid dienone is 4. The molecule has 0 atom stereocenters. The van der Waals surface area contributed by atoms with Gasteiger partial charge in [0.05, 0.1) is 22.8 Å². The number of nitrogens with zero attached hydrogens (tertiary/aromatic N) is 2. The molecule has 0 saturated heterocycles. The summed E-state index contributed by atoms with van der Waals surface area (Å²) >= 11 is 0. The first kappa shape index (κ1) is 26.2. The second kappa shape index (κ2) is 10.4. The molecule has 0 aromatic carbocycles. The van der Waals surface area contributed by atoms with Gasteiger partial charge in [-0.2, -0.15) is 0 Å². The molecule has 38 heavy (non-hydrogen) atoms. The van der Waals surface area contributed by atoms with Crippen LogP contribution in [0, 0.1) is 0 Å². The molecule has 0 radical (unpaired) electrons. The zero-order valence-corrected chi connectivity index (χ0v) is 24.4. The monoisotopic (exact) mass is 506 g/mol. The lowest BCUT2D eigenvalue weighted by Gasteiger charge is -2.03. The predicted molar refractivity (Wildman–Crippen MR) is 164 cm³/mol. The zero-order chi connectivity index (χ0) is 27.1. The fourth-order valence-electron chi connectivity index (χ4n) is 6.46. The standard InChI is InChI=1S/C34H42N4/c1-9-21-23(11-3)31-17-33-25(13-5)26(14-6)34(38-33)18-32-24(12-4)22(10-2)30(37-32)16-28-20(8)19(7)27(35-28)15-29(21)36-31/h15-18,36,38H,9-14H2,1-8H3. The maximum absolute atomic E-state index is 5.22. The molecule has 5 rings (SSSR count). The van der Waals surface area contributed by atoms with Crippen LogP contribution in [-0.4, -0.2) is 19.9 Å². The van der Waals surface area contributed by atoms with Crippen LogP contribution in [0.25, 0.3) is 44.4 Å². The van der Waals surface area contributed by atoms with E-state index in [2.05, 4.69) is 89.6 Å². The number of H-pyrrole nitrogens is 2. The number of rotatable bonds is 6. The minimum absolute atomic E-state index is 0.961. The highest BCUT2D eigenvalue weighted by Crippen LogP contribution is 2.37. The first-order chi connectivity index (χ1) is 18.4. The van der Waals surface area contributed by atoms with Crippen LogP contribution in [0.2, 0.25) is 0 Å². The van der Waals surface area contributed by atoms with Gasteiger partial charge in [-0.25, -0.2) is 9.97 Å². The van der Waals surface area contributed by atoms with Crippen molar-refractivity contribution in [1.29, 1.82) is 0 Å². The number of hydrogen-bond donors (Lipinski definition) is 2. The van der Waals surface area contributed by atoms with Gasteiger partial charge in [0.25, 0.3) is 0 Å². The largest absolute Gasteiger partial charge is 0.355 e. The highest BCUT2D eigenvalue weighted by molar-refractivity contribution is 5.95. The lowest BCUT2D eigenvalue weighted by molar-refractivity contribution is 1.07. The fourth-order valence-corrected chi connectivity index (χ4v) is 6.46. The molecule has 2 aliphatic heterocycles. The lowest BCUT2D eigenvalue weighted by Crippen LogP contribution is -1.87. The molecule has 3 aromatic heterocycles. The fraction of sp³-hybridized carbons (Fsp3) is 0.412. The van der Waals surface area contributed by atoms with E-state index in [9.17, 15) is 0 Å². The first-order valence-corrected chi connectivity index (χ1v) is 14.6. The van der Waals surface area contributed by atoms with Gasteiger partial charge in [-0.3, -0.25) is 0 Å². The van der Waals surface area contributed by atoms with E-state index in [4.69, 9.17) is 9.97 Å². The topological polar surface area (TPSA) is 57.4 Å². The summed E-state index contributed by atoms with van der Waals surface area (Å²) in [5.41, 5.74) is 19.8. The number of nitrogens with one attached hydrogen (secondary N) is 2. The van der Waals surface area contributed by atoms with Crippen molar-refractivity contribution >= 4 is 44.4 Å². The average molecular weight is 507 g/mol. The van der Waals surface area contributed by atoms with Crippen LogP contribution in [-0.2, 0) is 25.7 Å². The minimum Gasteiger partial charge on any atom is -0.355 e. The molecule has 198 valence electrons. The summed E-state index contributed by atoms with van der Waals surface area (Å²) in [7, 11) is 0. The minimum atomic E-state index is 0.961. The van der Waals surface area contributed by atoms with Gasteiger partial charge in [0.15, 0.2) is 0 Å². The van der Waals surface area contributed by atoms with Crippen LogP contribution < -0.4 is 0 Å². The van der Waals surface area contributed by atoms with Gasteiger partial charge in [0.1, 0.15) is 0 Å². The van der Waals surface area contributed by atoms with Crippen molar-refractivity contribution in [2.75, 3.05) is 0 Å². The van der Waals surface area contributed by atoms with Crippen LogP contribution in [0.4, 0.5) is 0 Å². The van der Waals surface area contributed by atoms with E-state index >= 15 is 0 Å². The molecule has 0 amide bonds. The molecule has 5 heterocycles. The van der Waals surface area contributed by atoms with Crippen LogP contribution in [0.1, 0.15) is 113 Å². The molecule has 4 heteroatoms. The van der Waals surface area contributed by atoms with Crippen molar-refractivity contribution in [3.05, 3.63) is 69.3 Å². The lowest BCUT2D eigenvalue weighted by atomic mass is 9.99. The molecule has 0 fully saturated rings. The second-order valence-corrected chi connectivity index (χ2v) is 10.5. The summed E-state index contributed by atoms with van der Waals surface area (Å²) in [6.45, 7) is 17.9. The van der Waals surface area contributed by atoms with E-state index in [0.717, 1.165) is 61.3 Å². The van der Waals surface area contributed by atoms with Crippen molar-refractivity contribution < 1.29 is 0 Å². The Hall–Kier alpha value is -3.40. The van der Waals surface area contributed by atoms with Gasteiger partial charge in [-0.1, -0.05) is 41.5 Å². The van der Waals surface area contributed by atoms with Crippen molar-refractivity contribution in [3.8, 4) is 0 Å². The molecule has 4 nitrogen and oxygen atoms in total. The van der Waals surface area contributed by atoms with E-state index < -0.39 is 0 Å². The van der Waals surface area contributed by atoms with Crippen molar-refractivity contribution in [3.63, 3.8) is 0 Å². The van der Waals surface area contributed by atoms with Crippen molar-refractivity contribution in [2.24, 2.45) is 0 Å². The van der Waals surface area contributed by atoms with Crippen LogP contribution in [0.5, 0.6) is 0 Å². The summed E-state index contributed by atoms with van der Waals surface area (Å²) in [5.74, 6) is 0. The summed E-state index contributed by atoms with van der Waals surface area (Å²) in [4.78, 5) is 18.0. The molecule has 0 spiro atoms. The maximum atomic E-state index is 5.22. The number of aryl methyl sites for hydroxylation is 4. The Kier molecular flexibility index (Phi) is 7.17. The second-order valence-electron chi connectivity index (χ2n) is 10.5. The molecule has 8 bridgehead atoms. The van der Waals surface area contributed by atoms with E-state index in [1.165, 1.54) is 66.6 Å². The Balaban J connectivity index is 2.02. The third-order valence-electron chi connectivity index (χ3n) is 8.61. The SMILES string of the molecule is CCC1=C(CC)c2cc3[nH]c(cc4[nH]c(cc5nc(cc1n2)C(C)=C5C)c(CC)c4CC)c(CC)c3CC. The third-order valence-corrected chi connectivity index (χ3v) is 8.61. The summed E-state index contributed by atoms with van der Waals surface area (Å²) in [6.07, 6.45) is 5.89. The first-order valence-electron chi connectivity index (χ1n) is 14.6. The molecule has 2 aliphatic rings. The highest BCUT2D eigenvalue weighted by Gasteiger charge is 2.21. The zero-order valence-electron chi connectivity index (χ0n) is 24.4. The van der Waals surface area contributed by atoms with Crippen LogP contribution >= 0.6 is 0 Å². The Morgan fingerprint density at radius 2 is 0.789 bits per heavy atom. The van der Waals surface area contributed by atoms with E-state index in [-0.39, 0.29) is 0 Å². The number of aromatic nitrogens is 4. The maximum Gasteiger partial charge on any atom is 0.0694 e. The van der Waals surface area contributed by atoms with Crippen molar-refractivity contribution in [1.82, 2.24) is 19.9 Å². The summed E-state index contributed by atoms with van der Waals surface area (Å²) in [6, 6.07) is 9.11. The smallest absolute Gasteiger partial charge is 0.0694 e. The van der Waals surface area contributed by atoms with Gasteiger partial charge in [-0.05, 0) is 121 Å². The average Bonchev–Trinajstić information content (AvgIpc) is 3.61. The van der Waals surface area contributed by atoms with E-state index in [1.54, 1.807) is 0 Å². The summed E-state index contributed by atoms with van der Waals surface area (Å²) in [5, 5.41) is 0. The molecular weight excluding hydrogens is 464 g/mol. The summed E-state index contributed by atoms with van der Waals surface area (Å²) < 4.78 is 0. The van der Waals surface area contributed by atoms with Crippen LogP contribution in [0.3, 0.4) is 0 Å². The molecule has 0 unspecified atom stereocenters. The van der Waals surface area contributed by atoms with Gasteiger partial charge in [0.2, 0.25) is 0 Å². The third kappa shape index (κ3) is 4.15. The Labute approximate surface area is 227 Å². The van der Waals surface area contributed by atoms with Crippen molar-refractivity contribution in [2.45, 2.75) is 93.9 Å².